The second kappa shape index (κ2) is 10.1. The van der Waals surface area contributed by atoms with Crippen molar-refractivity contribution in [2.75, 3.05) is 20.7 Å². The molecule has 3 N–H and O–H groups in total. The molecular formula is C19H37N3O3. The molecule has 1 rings (SSSR count). The minimum Gasteiger partial charge on any atom is -0.379 e. The molecule has 25 heavy (non-hydrogen) atoms. The average Bonchev–Trinajstić information content (AvgIpc) is 2.63. The summed E-state index contributed by atoms with van der Waals surface area (Å²) in [5, 5.41) is 2.76. The van der Waals surface area contributed by atoms with Crippen LogP contribution in [-0.2, 0) is 14.3 Å². The van der Waals surface area contributed by atoms with Crippen molar-refractivity contribution in [2.45, 2.75) is 83.4 Å². The summed E-state index contributed by atoms with van der Waals surface area (Å²) in [5.74, 6) is 0.00938. The van der Waals surface area contributed by atoms with Gasteiger partial charge in [0.25, 0.3) is 0 Å². The maximum Gasteiger partial charge on any atom is 0.242 e. The van der Waals surface area contributed by atoms with Gasteiger partial charge in [-0.25, -0.2) is 0 Å². The van der Waals surface area contributed by atoms with Crippen LogP contribution in [0.4, 0.5) is 0 Å². The number of nitrogens with one attached hydrogen (secondary N) is 1. The van der Waals surface area contributed by atoms with Gasteiger partial charge in [-0.2, -0.15) is 0 Å². The second-order valence-electron chi connectivity index (χ2n) is 7.46. The van der Waals surface area contributed by atoms with E-state index in [4.69, 9.17) is 10.5 Å². The summed E-state index contributed by atoms with van der Waals surface area (Å²) in [6.07, 6.45) is 6.24. The number of nitrogens with two attached hydrogens (primary N) is 1. The maximum atomic E-state index is 12.6. The van der Waals surface area contributed by atoms with Gasteiger partial charge in [-0.3, -0.25) is 9.59 Å². The minimum atomic E-state index is -0.814. The number of rotatable bonds is 9. The lowest BCUT2D eigenvalue weighted by atomic mass is 9.82. The number of methoxy groups -OCH3 is 1. The molecule has 6 heteroatoms. The van der Waals surface area contributed by atoms with Crippen LogP contribution in [0.2, 0.25) is 0 Å². The molecule has 0 spiro atoms. The average molecular weight is 356 g/mol. The van der Waals surface area contributed by atoms with Crippen LogP contribution in [0.3, 0.4) is 0 Å². The second-order valence-corrected chi connectivity index (χ2v) is 7.46. The van der Waals surface area contributed by atoms with Gasteiger partial charge in [-0.1, -0.05) is 46.5 Å². The van der Waals surface area contributed by atoms with Crippen LogP contribution in [0, 0.1) is 5.92 Å². The van der Waals surface area contributed by atoms with Crippen molar-refractivity contribution in [2.24, 2.45) is 11.7 Å². The Labute approximate surface area is 152 Å². The molecule has 0 bridgehead atoms. The topological polar surface area (TPSA) is 84.7 Å². The van der Waals surface area contributed by atoms with E-state index in [0.717, 1.165) is 32.1 Å². The predicted octanol–water partition coefficient (Wildman–Crippen LogP) is 2.06. The Morgan fingerprint density at radius 2 is 1.80 bits per heavy atom. The van der Waals surface area contributed by atoms with Gasteiger partial charge in [0.1, 0.15) is 0 Å². The Kier molecular flexibility index (Phi) is 8.86. The Balaban J connectivity index is 2.68. The molecule has 146 valence electrons. The molecule has 3 atom stereocenters. The van der Waals surface area contributed by atoms with Crippen molar-refractivity contribution in [3.05, 3.63) is 0 Å². The fourth-order valence-electron chi connectivity index (χ4n) is 3.82. The molecule has 0 heterocycles. The first kappa shape index (κ1) is 21.9. The quantitative estimate of drug-likeness (QED) is 0.663. The van der Waals surface area contributed by atoms with Crippen molar-refractivity contribution >= 4 is 11.8 Å². The molecule has 0 radical (unpaired) electrons. The monoisotopic (exact) mass is 355 g/mol. The zero-order valence-electron chi connectivity index (χ0n) is 16.6. The highest BCUT2D eigenvalue weighted by Crippen LogP contribution is 2.26. The summed E-state index contributed by atoms with van der Waals surface area (Å²) in [6, 6.07) is -0.00841. The van der Waals surface area contributed by atoms with Crippen LogP contribution < -0.4 is 11.1 Å². The molecule has 0 saturated heterocycles. The van der Waals surface area contributed by atoms with Gasteiger partial charge < -0.3 is 20.7 Å². The molecule has 2 amide bonds. The molecule has 1 aliphatic rings. The smallest absolute Gasteiger partial charge is 0.242 e. The van der Waals surface area contributed by atoms with E-state index >= 15 is 0 Å². The number of amides is 2. The summed E-state index contributed by atoms with van der Waals surface area (Å²) in [5.41, 5.74) is 5.42. The number of nitrogens with zero attached hydrogens (tertiary/aromatic N) is 1. The lowest BCUT2D eigenvalue weighted by Crippen LogP contribution is -2.57. The summed E-state index contributed by atoms with van der Waals surface area (Å²) in [6.45, 7) is 6.29. The number of hydrogen-bond acceptors (Lipinski definition) is 4. The Morgan fingerprint density at radius 3 is 2.28 bits per heavy atom. The van der Waals surface area contributed by atoms with E-state index in [1.165, 1.54) is 0 Å². The van der Waals surface area contributed by atoms with E-state index in [2.05, 4.69) is 26.1 Å². The molecule has 3 unspecified atom stereocenters. The van der Waals surface area contributed by atoms with E-state index in [1.807, 2.05) is 0 Å². The van der Waals surface area contributed by atoms with Crippen molar-refractivity contribution in [3.63, 3.8) is 0 Å². The molecule has 0 aromatic rings. The lowest BCUT2D eigenvalue weighted by Gasteiger charge is -2.38. The van der Waals surface area contributed by atoms with Crippen LogP contribution in [0.1, 0.15) is 65.7 Å². The zero-order chi connectivity index (χ0) is 19.0. The number of likely N-dealkylation sites (N-methyl/N-ethyl adjacent to an activating group) is 1. The first-order valence-corrected chi connectivity index (χ1v) is 9.66. The van der Waals surface area contributed by atoms with Crippen LogP contribution in [0.5, 0.6) is 0 Å². The van der Waals surface area contributed by atoms with Gasteiger partial charge in [0.15, 0.2) is 0 Å². The van der Waals surface area contributed by atoms with E-state index < -0.39 is 5.54 Å². The highest BCUT2D eigenvalue weighted by Gasteiger charge is 2.36. The maximum absolute atomic E-state index is 12.6. The highest BCUT2D eigenvalue weighted by molar-refractivity contribution is 5.90. The largest absolute Gasteiger partial charge is 0.379 e. The normalized spacial score (nSPS) is 20.4. The van der Waals surface area contributed by atoms with Crippen molar-refractivity contribution in [3.8, 4) is 0 Å². The van der Waals surface area contributed by atoms with Gasteiger partial charge in [0.2, 0.25) is 11.8 Å². The Bertz CT molecular complexity index is 432. The SMILES string of the molecule is CCC(C)C(C(CC)OC)N(C)C(=O)CNC(=O)C1(N)CCCCC1. The van der Waals surface area contributed by atoms with Crippen LogP contribution >= 0.6 is 0 Å². The number of carbonyl (C=O) groups is 2. The molecule has 0 aromatic heterocycles. The van der Waals surface area contributed by atoms with Crippen LogP contribution in [0.25, 0.3) is 0 Å². The van der Waals surface area contributed by atoms with E-state index in [1.54, 1.807) is 19.1 Å². The highest BCUT2D eigenvalue weighted by atomic mass is 16.5. The van der Waals surface area contributed by atoms with Crippen LogP contribution in [-0.4, -0.2) is 55.1 Å². The Morgan fingerprint density at radius 1 is 1.20 bits per heavy atom. The summed E-state index contributed by atoms with van der Waals surface area (Å²) >= 11 is 0. The zero-order valence-corrected chi connectivity index (χ0v) is 16.6. The van der Waals surface area contributed by atoms with Gasteiger partial charge in [-0.05, 0) is 25.2 Å². The number of ether oxygens (including phenoxy) is 1. The standard InChI is InChI=1S/C19H37N3O3/c1-6-14(3)17(15(7-2)25-5)22(4)16(23)13-21-18(24)19(20)11-9-8-10-12-19/h14-15,17H,6-13,20H2,1-5H3,(H,21,24). The first-order chi connectivity index (χ1) is 11.8. The third-order valence-electron chi connectivity index (χ3n) is 5.75. The molecule has 0 aliphatic heterocycles. The van der Waals surface area contributed by atoms with E-state index in [-0.39, 0.29) is 30.5 Å². The molecule has 1 saturated carbocycles. The van der Waals surface area contributed by atoms with E-state index in [0.29, 0.717) is 18.8 Å². The fourth-order valence-corrected chi connectivity index (χ4v) is 3.82. The summed E-state index contributed by atoms with van der Waals surface area (Å²) in [4.78, 5) is 26.8. The van der Waals surface area contributed by atoms with Gasteiger partial charge in [0.05, 0.1) is 24.2 Å². The summed E-state index contributed by atoms with van der Waals surface area (Å²) in [7, 11) is 3.48. The van der Waals surface area contributed by atoms with Gasteiger partial charge >= 0.3 is 0 Å². The third kappa shape index (κ3) is 5.68. The number of carbonyl (C=O) groups excluding carboxylic acids is 2. The fraction of sp³-hybridized carbons (Fsp3) is 0.895. The molecule has 0 aromatic carbocycles. The van der Waals surface area contributed by atoms with Gasteiger partial charge in [-0.15, -0.1) is 0 Å². The third-order valence-corrected chi connectivity index (χ3v) is 5.75. The van der Waals surface area contributed by atoms with E-state index in [9.17, 15) is 9.59 Å². The number of hydrogen-bond donors (Lipinski definition) is 2. The van der Waals surface area contributed by atoms with Crippen molar-refractivity contribution in [1.82, 2.24) is 10.2 Å². The predicted molar refractivity (Wildman–Crippen MR) is 100 cm³/mol. The lowest BCUT2D eigenvalue weighted by molar-refractivity contribution is -0.138. The van der Waals surface area contributed by atoms with Crippen molar-refractivity contribution in [1.29, 1.82) is 0 Å². The Hall–Kier alpha value is -1.14. The van der Waals surface area contributed by atoms with Crippen molar-refractivity contribution < 1.29 is 14.3 Å². The summed E-state index contributed by atoms with van der Waals surface area (Å²) < 4.78 is 5.59. The van der Waals surface area contributed by atoms with Crippen LogP contribution in [0.15, 0.2) is 0 Å². The molecule has 1 fully saturated rings. The van der Waals surface area contributed by atoms with Gasteiger partial charge in [0, 0.05) is 14.2 Å². The minimum absolute atomic E-state index is 0.00841. The first-order valence-electron chi connectivity index (χ1n) is 9.66. The molecular weight excluding hydrogens is 318 g/mol. The molecule has 1 aliphatic carbocycles. The molecule has 6 nitrogen and oxygen atoms in total.